The summed E-state index contributed by atoms with van der Waals surface area (Å²) in [6.45, 7) is 10.00. The van der Waals surface area contributed by atoms with Crippen molar-refractivity contribution in [3.63, 3.8) is 0 Å². The lowest BCUT2D eigenvalue weighted by Gasteiger charge is -2.11. The normalized spacial score (nSPS) is 10.4. The highest BCUT2D eigenvalue weighted by Gasteiger charge is 2.27. The molecule has 6 heteroatoms. The van der Waals surface area contributed by atoms with Crippen molar-refractivity contribution in [2.45, 2.75) is 6.92 Å². The van der Waals surface area contributed by atoms with Gasteiger partial charge in [-0.3, -0.25) is 0 Å². The van der Waals surface area contributed by atoms with E-state index in [9.17, 15) is 9.90 Å². The second-order valence-electron chi connectivity index (χ2n) is 6.06. The molecule has 0 bridgehead atoms. The molecule has 3 rings (SSSR count). The van der Waals surface area contributed by atoms with Gasteiger partial charge < -0.3 is 19.1 Å². The number of carboxylic acids is 1. The summed E-state index contributed by atoms with van der Waals surface area (Å²) in [5.41, 5.74) is 3.09. The molecule has 0 fully saturated rings. The number of carboxylic acid groups (broad SMARTS) is 1. The summed E-state index contributed by atoms with van der Waals surface area (Å²) in [6, 6.07) is 15.2. The van der Waals surface area contributed by atoms with Gasteiger partial charge in [0.15, 0.2) is 5.88 Å². The van der Waals surface area contributed by atoms with E-state index in [1.807, 2.05) is 55.5 Å². The molecule has 3 aromatic rings. The molecule has 1 N–H and O–H groups in total. The molecule has 0 saturated heterocycles. The van der Waals surface area contributed by atoms with E-state index in [0.29, 0.717) is 17.7 Å². The monoisotopic (exact) mass is 376 g/mol. The van der Waals surface area contributed by atoms with Crippen molar-refractivity contribution in [3.8, 4) is 33.9 Å². The van der Waals surface area contributed by atoms with Crippen LogP contribution in [0.25, 0.3) is 27.1 Å². The number of para-hydroxylation sites is 1. The third-order valence-electron chi connectivity index (χ3n) is 4.50. The van der Waals surface area contributed by atoms with Crippen molar-refractivity contribution in [1.29, 1.82) is 0 Å². The van der Waals surface area contributed by atoms with Gasteiger partial charge in [0.25, 0.3) is 5.69 Å². The smallest absolute Gasteiger partial charge is 0.351 e. The van der Waals surface area contributed by atoms with Crippen LogP contribution in [0, 0.1) is 6.57 Å². The van der Waals surface area contributed by atoms with Gasteiger partial charge in [-0.1, -0.05) is 42.5 Å². The number of carbonyl (C=O) groups is 1. The second kappa shape index (κ2) is 7.89. The van der Waals surface area contributed by atoms with E-state index < -0.39 is 5.97 Å². The average Bonchev–Trinajstić information content (AvgIpc) is 3.00. The van der Waals surface area contributed by atoms with E-state index in [2.05, 4.69) is 4.85 Å². The van der Waals surface area contributed by atoms with E-state index in [-0.39, 0.29) is 17.3 Å². The van der Waals surface area contributed by atoms with Crippen LogP contribution in [-0.2, 0) is 7.05 Å². The van der Waals surface area contributed by atoms with Gasteiger partial charge in [0.2, 0.25) is 0 Å². The van der Waals surface area contributed by atoms with Gasteiger partial charge in [-0.25, -0.2) is 9.64 Å². The molecular formula is C22H20N2O4. The summed E-state index contributed by atoms with van der Waals surface area (Å²) in [5, 5.41) is 9.67. The SMILES string of the molecule is [C-]#[N+]c1c(-c2ccc(-c3ccccc3OCC)cc2)c(C(=O)O)n(C)c1OC. The van der Waals surface area contributed by atoms with Crippen molar-refractivity contribution in [3.05, 3.63) is 65.6 Å². The quantitative estimate of drug-likeness (QED) is 0.614. The first kappa shape index (κ1) is 19.1. The second-order valence-corrected chi connectivity index (χ2v) is 6.06. The molecule has 0 unspecified atom stereocenters. The number of ether oxygens (including phenoxy) is 2. The zero-order valence-electron chi connectivity index (χ0n) is 15.9. The Labute approximate surface area is 163 Å². The summed E-state index contributed by atoms with van der Waals surface area (Å²) in [5.74, 6) is -0.100. The molecule has 142 valence electrons. The lowest BCUT2D eigenvalue weighted by atomic mass is 9.99. The molecule has 0 spiro atoms. The Hall–Kier alpha value is -3.72. The summed E-state index contributed by atoms with van der Waals surface area (Å²) in [6.07, 6.45) is 0. The average molecular weight is 376 g/mol. The van der Waals surface area contributed by atoms with Crippen LogP contribution in [0.2, 0.25) is 0 Å². The molecule has 0 aliphatic carbocycles. The van der Waals surface area contributed by atoms with E-state index in [1.165, 1.54) is 11.7 Å². The number of nitrogens with zero attached hydrogens (tertiary/aromatic N) is 2. The molecule has 1 heterocycles. The maximum Gasteiger partial charge on any atom is 0.351 e. The number of methoxy groups -OCH3 is 1. The molecule has 28 heavy (non-hydrogen) atoms. The largest absolute Gasteiger partial charge is 0.493 e. The zero-order valence-corrected chi connectivity index (χ0v) is 15.9. The minimum atomic E-state index is -1.11. The Morgan fingerprint density at radius 2 is 1.79 bits per heavy atom. The van der Waals surface area contributed by atoms with Crippen LogP contribution in [0.3, 0.4) is 0 Å². The first-order valence-electron chi connectivity index (χ1n) is 8.73. The van der Waals surface area contributed by atoms with Crippen LogP contribution < -0.4 is 9.47 Å². The van der Waals surface area contributed by atoms with Crippen LogP contribution in [0.4, 0.5) is 5.69 Å². The van der Waals surface area contributed by atoms with Crippen molar-refractivity contribution >= 4 is 11.7 Å². The number of aromatic nitrogens is 1. The lowest BCUT2D eigenvalue weighted by Crippen LogP contribution is -2.06. The molecular weight excluding hydrogens is 356 g/mol. The molecule has 0 amide bonds. The molecule has 0 atom stereocenters. The van der Waals surface area contributed by atoms with Gasteiger partial charge in [-0.15, -0.1) is 0 Å². The van der Waals surface area contributed by atoms with Gasteiger partial charge >= 0.3 is 5.97 Å². The predicted molar refractivity (Wildman–Crippen MR) is 107 cm³/mol. The van der Waals surface area contributed by atoms with Crippen LogP contribution in [0.1, 0.15) is 17.4 Å². The minimum Gasteiger partial charge on any atom is -0.493 e. The highest BCUT2D eigenvalue weighted by Crippen LogP contribution is 2.44. The number of hydrogen-bond donors (Lipinski definition) is 1. The molecule has 0 aliphatic heterocycles. The van der Waals surface area contributed by atoms with Crippen molar-refractivity contribution in [1.82, 2.24) is 4.57 Å². The number of benzene rings is 2. The molecule has 2 aromatic carbocycles. The Morgan fingerprint density at radius 1 is 1.14 bits per heavy atom. The van der Waals surface area contributed by atoms with Crippen LogP contribution in [-0.4, -0.2) is 29.4 Å². The third-order valence-corrected chi connectivity index (χ3v) is 4.50. The van der Waals surface area contributed by atoms with Gasteiger partial charge in [0.05, 0.1) is 20.3 Å². The topological polar surface area (TPSA) is 65.0 Å². The maximum absolute atomic E-state index is 11.8. The third kappa shape index (κ3) is 3.19. The number of rotatable bonds is 6. The van der Waals surface area contributed by atoms with Crippen molar-refractivity contribution in [2.75, 3.05) is 13.7 Å². The van der Waals surface area contributed by atoms with Gasteiger partial charge in [-0.05, 0) is 24.1 Å². The first-order chi connectivity index (χ1) is 13.5. The van der Waals surface area contributed by atoms with Crippen molar-refractivity contribution in [2.24, 2.45) is 7.05 Å². The van der Waals surface area contributed by atoms with Crippen molar-refractivity contribution < 1.29 is 19.4 Å². The fraction of sp³-hybridized carbons (Fsp3) is 0.182. The fourth-order valence-corrected chi connectivity index (χ4v) is 3.31. The van der Waals surface area contributed by atoms with Gasteiger partial charge in [-0.2, -0.15) is 0 Å². The van der Waals surface area contributed by atoms with Crippen LogP contribution in [0.15, 0.2) is 48.5 Å². The van der Waals surface area contributed by atoms with E-state index in [0.717, 1.165) is 16.9 Å². The molecule has 1 aromatic heterocycles. The molecule has 0 aliphatic rings. The Bertz CT molecular complexity index is 1060. The maximum atomic E-state index is 11.8. The fourth-order valence-electron chi connectivity index (χ4n) is 3.31. The van der Waals surface area contributed by atoms with E-state index >= 15 is 0 Å². The zero-order chi connectivity index (χ0) is 20.3. The standard InChI is InChI=1S/C22H20N2O4/c1-5-28-17-9-7-6-8-16(17)14-10-12-15(13-11-14)18-19(23-2)21(27-4)24(3)20(18)22(25)26/h6-13H,5H2,1,3-4H3,(H,25,26). The minimum absolute atomic E-state index is 0.0188. The Kier molecular flexibility index (Phi) is 5.37. The molecule has 0 radical (unpaired) electrons. The predicted octanol–water partition coefficient (Wildman–Crippen LogP) is 5.02. The van der Waals surface area contributed by atoms with E-state index in [4.69, 9.17) is 16.0 Å². The van der Waals surface area contributed by atoms with Gasteiger partial charge in [0.1, 0.15) is 11.4 Å². The summed E-state index contributed by atoms with van der Waals surface area (Å²) < 4.78 is 12.3. The Balaban J connectivity index is 2.14. The highest BCUT2D eigenvalue weighted by molar-refractivity contribution is 6.01. The van der Waals surface area contributed by atoms with Crippen LogP contribution in [0.5, 0.6) is 11.6 Å². The summed E-state index contributed by atoms with van der Waals surface area (Å²) in [4.78, 5) is 15.3. The number of hydrogen-bond acceptors (Lipinski definition) is 3. The summed E-state index contributed by atoms with van der Waals surface area (Å²) in [7, 11) is 3.00. The molecule has 0 saturated carbocycles. The van der Waals surface area contributed by atoms with Crippen LogP contribution >= 0.6 is 0 Å². The van der Waals surface area contributed by atoms with Gasteiger partial charge in [0, 0.05) is 18.2 Å². The Morgan fingerprint density at radius 3 is 2.36 bits per heavy atom. The highest BCUT2D eigenvalue weighted by atomic mass is 16.5. The van der Waals surface area contributed by atoms with E-state index in [1.54, 1.807) is 7.05 Å². The summed E-state index contributed by atoms with van der Waals surface area (Å²) >= 11 is 0. The first-order valence-corrected chi connectivity index (χ1v) is 8.73. The molecule has 6 nitrogen and oxygen atoms in total. The number of aromatic carboxylic acids is 1. The lowest BCUT2D eigenvalue weighted by molar-refractivity contribution is 0.0686.